The zero-order valence-electron chi connectivity index (χ0n) is 7.35. The van der Waals surface area contributed by atoms with Crippen molar-refractivity contribution in [3.8, 4) is 0 Å². The molecule has 1 heterocycles. The molecule has 1 aliphatic rings. The summed E-state index contributed by atoms with van der Waals surface area (Å²) in [5, 5.41) is 27.4. The maximum atomic E-state index is 10.4. The first-order valence-corrected chi connectivity index (χ1v) is 5.53. The summed E-state index contributed by atoms with van der Waals surface area (Å²) in [4.78, 5) is 10.4. The van der Waals surface area contributed by atoms with Crippen LogP contribution in [0.1, 0.15) is 0 Å². The molecule has 0 bridgehead atoms. The number of hydrogen-bond acceptors (Lipinski definition) is 7. The Balaban J connectivity index is 2.52. The van der Waals surface area contributed by atoms with Crippen LogP contribution < -0.4 is 0 Å². The molecular weight excluding hydrogens is 232 g/mol. The number of rotatable bonds is 5. The van der Waals surface area contributed by atoms with Crippen LogP contribution in [0.4, 0.5) is 0 Å². The summed E-state index contributed by atoms with van der Waals surface area (Å²) in [7, 11) is -4.47. The molecule has 15 heavy (non-hydrogen) atoms. The molecule has 0 aliphatic carbocycles. The van der Waals surface area contributed by atoms with Gasteiger partial charge in [-0.15, -0.1) is 0 Å². The lowest BCUT2D eigenvalue weighted by atomic mass is 10.1. The Morgan fingerprint density at radius 1 is 1.33 bits per heavy atom. The number of aliphatic hydroxyl groups excluding tert-OH is 3. The number of epoxide rings is 1. The lowest BCUT2D eigenvalue weighted by molar-refractivity contribution is -0.117. The molecule has 0 aromatic heterocycles. The number of cyclic esters (lactones) is 1. The first-order valence-electron chi connectivity index (χ1n) is 3.92. The van der Waals surface area contributed by atoms with Crippen molar-refractivity contribution in [2.75, 3.05) is 5.75 Å². The van der Waals surface area contributed by atoms with Crippen LogP contribution in [0.5, 0.6) is 0 Å². The highest BCUT2D eigenvalue weighted by Gasteiger charge is 2.49. The quantitative estimate of drug-likeness (QED) is 0.293. The summed E-state index contributed by atoms with van der Waals surface area (Å²) in [6.45, 7) is 0. The highest BCUT2D eigenvalue weighted by Crippen LogP contribution is 2.20. The first-order chi connectivity index (χ1) is 6.72. The Labute approximate surface area is 84.8 Å². The Morgan fingerprint density at radius 3 is 2.13 bits per heavy atom. The Hall–Kier alpha value is -0.740. The van der Waals surface area contributed by atoms with E-state index >= 15 is 0 Å². The van der Waals surface area contributed by atoms with Crippen LogP contribution in [0.3, 0.4) is 0 Å². The van der Waals surface area contributed by atoms with Crippen molar-refractivity contribution in [3.63, 3.8) is 0 Å². The fourth-order valence-corrected chi connectivity index (χ4v) is 1.65. The number of hydrogen-bond donors (Lipinski definition) is 4. The minimum atomic E-state index is -4.47. The van der Waals surface area contributed by atoms with Gasteiger partial charge in [0.1, 0.15) is 18.0 Å². The van der Waals surface area contributed by atoms with Gasteiger partial charge < -0.3 is 20.1 Å². The van der Waals surface area contributed by atoms with Gasteiger partial charge in [0.05, 0.1) is 6.10 Å². The van der Waals surface area contributed by atoms with E-state index in [9.17, 15) is 13.2 Å². The van der Waals surface area contributed by atoms with Gasteiger partial charge in [0.15, 0.2) is 0 Å². The highest BCUT2D eigenvalue weighted by atomic mass is 32.2. The molecule has 4 N–H and O–H groups in total. The van der Waals surface area contributed by atoms with E-state index < -0.39 is 46.3 Å². The molecule has 1 saturated heterocycles. The lowest BCUT2D eigenvalue weighted by Crippen LogP contribution is -2.44. The molecule has 1 aliphatic heterocycles. The average Bonchev–Trinajstić information content (AvgIpc) is 2.77. The standard InChI is InChI=1S/C6H10O8S/c7-2(1-15(11,12)13)3(8)4(9)5-6(10)14-5/h2-5,7-9H,1H2,(H,11,12,13). The highest BCUT2D eigenvalue weighted by molar-refractivity contribution is 7.85. The zero-order valence-corrected chi connectivity index (χ0v) is 8.16. The summed E-state index contributed by atoms with van der Waals surface area (Å²) >= 11 is 0. The second-order valence-corrected chi connectivity index (χ2v) is 4.65. The Morgan fingerprint density at radius 2 is 1.80 bits per heavy atom. The van der Waals surface area contributed by atoms with Crippen LogP contribution in [0.15, 0.2) is 0 Å². The van der Waals surface area contributed by atoms with Gasteiger partial charge in [-0.25, -0.2) is 4.79 Å². The molecule has 0 aromatic rings. The van der Waals surface area contributed by atoms with Crippen LogP contribution in [0.25, 0.3) is 0 Å². The molecule has 0 aromatic carbocycles. The van der Waals surface area contributed by atoms with Crippen molar-refractivity contribution in [2.24, 2.45) is 0 Å². The third-order valence-electron chi connectivity index (χ3n) is 1.85. The molecular formula is C6H10O8S. The van der Waals surface area contributed by atoms with E-state index in [1.807, 2.05) is 0 Å². The van der Waals surface area contributed by atoms with Crippen molar-refractivity contribution in [2.45, 2.75) is 24.4 Å². The maximum Gasteiger partial charge on any atom is 0.351 e. The fourth-order valence-electron chi connectivity index (χ4n) is 1.02. The largest absolute Gasteiger partial charge is 0.445 e. The second kappa shape index (κ2) is 4.02. The van der Waals surface area contributed by atoms with Gasteiger partial charge >= 0.3 is 5.97 Å². The molecule has 0 spiro atoms. The second-order valence-electron chi connectivity index (χ2n) is 3.15. The van der Waals surface area contributed by atoms with E-state index in [2.05, 4.69) is 4.74 Å². The van der Waals surface area contributed by atoms with E-state index in [0.717, 1.165) is 0 Å². The molecule has 4 atom stereocenters. The summed E-state index contributed by atoms with van der Waals surface area (Å²) in [6, 6.07) is 0. The fraction of sp³-hybridized carbons (Fsp3) is 0.833. The summed E-state index contributed by atoms with van der Waals surface area (Å²) in [5.41, 5.74) is 0. The van der Waals surface area contributed by atoms with Crippen LogP contribution in [-0.4, -0.2) is 64.4 Å². The van der Waals surface area contributed by atoms with E-state index in [1.165, 1.54) is 0 Å². The van der Waals surface area contributed by atoms with Crippen molar-refractivity contribution in [3.05, 3.63) is 0 Å². The van der Waals surface area contributed by atoms with Gasteiger partial charge in [-0.2, -0.15) is 8.42 Å². The van der Waals surface area contributed by atoms with Gasteiger partial charge in [0, 0.05) is 0 Å². The molecule has 88 valence electrons. The minimum Gasteiger partial charge on any atom is -0.445 e. The summed E-state index contributed by atoms with van der Waals surface area (Å²) in [5.74, 6) is -1.88. The molecule has 1 rings (SSSR count). The molecule has 0 radical (unpaired) electrons. The topological polar surface area (TPSA) is 145 Å². The van der Waals surface area contributed by atoms with Gasteiger partial charge in [0.2, 0.25) is 6.10 Å². The van der Waals surface area contributed by atoms with Gasteiger partial charge in [0.25, 0.3) is 10.1 Å². The van der Waals surface area contributed by atoms with Gasteiger partial charge in [-0.1, -0.05) is 0 Å². The first kappa shape index (κ1) is 12.3. The minimum absolute atomic E-state index is 0.749. The number of aliphatic hydroxyl groups is 3. The van der Waals surface area contributed by atoms with Crippen molar-refractivity contribution < 1.29 is 37.8 Å². The van der Waals surface area contributed by atoms with Crippen LogP contribution in [0, 0.1) is 0 Å². The monoisotopic (exact) mass is 242 g/mol. The molecule has 0 amide bonds. The molecule has 9 heteroatoms. The van der Waals surface area contributed by atoms with Gasteiger partial charge in [-0.3, -0.25) is 4.55 Å². The molecule has 4 unspecified atom stereocenters. The van der Waals surface area contributed by atoms with E-state index in [0.29, 0.717) is 0 Å². The van der Waals surface area contributed by atoms with E-state index in [-0.39, 0.29) is 0 Å². The third kappa shape index (κ3) is 3.39. The van der Waals surface area contributed by atoms with Crippen LogP contribution in [-0.2, 0) is 19.6 Å². The van der Waals surface area contributed by atoms with Crippen molar-refractivity contribution in [1.82, 2.24) is 0 Å². The Kier molecular flexibility index (Phi) is 3.31. The molecule has 8 nitrogen and oxygen atoms in total. The number of carbonyl (C=O) groups is 1. The SMILES string of the molecule is O=C1OC1C(O)C(O)C(O)CS(=O)(=O)O. The smallest absolute Gasteiger partial charge is 0.351 e. The number of ether oxygens (including phenoxy) is 1. The van der Waals surface area contributed by atoms with Crippen molar-refractivity contribution in [1.29, 1.82) is 0 Å². The lowest BCUT2D eigenvalue weighted by Gasteiger charge is -2.19. The van der Waals surface area contributed by atoms with E-state index in [1.54, 1.807) is 0 Å². The summed E-state index contributed by atoms with van der Waals surface area (Å²) in [6.07, 6.45) is -6.74. The number of carbonyl (C=O) groups excluding carboxylic acids is 1. The zero-order chi connectivity index (χ0) is 11.8. The predicted octanol–water partition coefficient (Wildman–Crippen LogP) is -3.12. The summed E-state index contributed by atoms with van der Waals surface area (Å²) < 4.78 is 33.2. The maximum absolute atomic E-state index is 10.4. The molecule has 1 fully saturated rings. The predicted molar refractivity (Wildman–Crippen MR) is 44.3 cm³/mol. The Bertz CT molecular complexity index is 348. The van der Waals surface area contributed by atoms with Crippen molar-refractivity contribution >= 4 is 16.1 Å². The van der Waals surface area contributed by atoms with E-state index in [4.69, 9.17) is 19.9 Å². The van der Waals surface area contributed by atoms with Crippen LogP contribution in [0.2, 0.25) is 0 Å². The average molecular weight is 242 g/mol. The van der Waals surface area contributed by atoms with Crippen LogP contribution >= 0.6 is 0 Å². The normalized spacial score (nSPS) is 26.7. The third-order valence-corrected chi connectivity index (χ3v) is 2.62. The molecule has 0 saturated carbocycles. The van der Waals surface area contributed by atoms with Gasteiger partial charge in [-0.05, 0) is 0 Å².